The number of nitrogens with one attached hydrogen (secondary N) is 1. The summed E-state index contributed by atoms with van der Waals surface area (Å²) in [6.45, 7) is 2.58. The lowest BCUT2D eigenvalue weighted by molar-refractivity contribution is -0.272. The first-order valence-corrected chi connectivity index (χ1v) is 12.5. The highest BCUT2D eigenvalue weighted by atomic mass is 19.4. The fourth-order valence-electron chi connectivity index (χ4n) is 4.99. The summed E-state index contributed by atoms with van der Waals surface area (Å²) in [7, 11) is 0. The van der Waals surface area contributed by atoms with Crippen molar-refractivity contribution in [1.82, 2.24) is 14.7 Å². The molecular weight excluding hydrogens is 553 g/mol. The molecule has 0 unspecified atom stereocenters. The van der Waals surface area contributed by atoms with Crippen LogP contribution in [0.25, 0.3) is 0 Å². The predicted molar refractivity (Wildman–Crippen MR) is 127 cm³/mol. The molecule has 0 aliphatic carbocycles. The van der Waals surface area contributed by atoms with Gasteiger partial charge in [-0.05, 0) is 19.9 Å². The highest BCUT2D eigenvalue weighted by Crippen LogP contribution is 2.55. The van der Waals surface area contributed by atoms with Crippen molar-refractivity contribution in [2.24, 2.45) is 5.92 Å². The van der Waals surface area contributed by atoms with Crippen LogP contribution in [0.3, 0.4) is 0 Å². The maximum Gasteiger partial charge on any atom is 0.417 e. The first-order valence-electron chi connectivity index (χ1n) is 12.5. The molecule has 2 aliphatic rings. The van der Waals surface area contributed by atoms with Crippen molar-refractivity contribution in [3.8, 4) is 5.75 Å². The van der Waals surface area contributed by atoms with E-state index >= 15 is 4.39 Å². The number of aromatic nitrogens is 2. The highest BCUT2D eigenvalue weighted by molar-refractivity contribution is 5.95. The van der Waals surface area contributed by atoms with Gasteiger partial charge in [-0.1, -0.05) is 13.0 Å². The van der Waals surface area contributed by atoms with Crippen molar-refractivity contribution < 1.29 is 49.7 Å². The summed E-state index contributed by atoms with van der Waals surface area (Å²) in [6, 6.07) is 1.80. The molecule has 0 saturated carbocycles. The van der Waals surface area contributed by atoms with Gasteiger partial charge < -0.3 is 19.5 Å². The molecule has 2 aliphatic heterocycles. The van der Waals surface area contributed by atoms with Crippen LogP contribution >= 0.6 is 0 Å². The first kappa shape index (κ1) is 30.1. The van der Waals surface area contributed by atoms with Crippen LogP contribution in [0.4, 0.5) is 36.4 Å². The van der Waals surface area contributed by atoms with Gasteiger partial charge in [0.05, 0.1) is 30.8 Å². The molecule has 2 fully saturated rings. The Kier molecular flexibility index (Phi) is 8.66. The second kappa shape index (κ2) is 11.5. The van der Waals surface area contributed by atoms with E-state index in [1.165, 1.54) is 13.8 Å². The van der Waals surface area contributed by atoms with Gasteiger partial charge in [-0.15, -0.1) is 0 Å². The Morgan fingerprint density at radius 2 is 1.93 bits per heavy atom. The lowest BCUT2D eigenvalue weighted by Gasteiger charge is -2.32. The summed E-state index contributed by atoms with van der Waals surface area (Å²) < 4.78 is 115. The predicted octanol–water partition coefficient (Wildman–Crippen LogP) is 4.65. The minimum Gasteiger partial charge on any atom is -0.489 e. The Morgan fingerprint density at radius 3 is 2.52 bits per heavy atom. The maximum atomic E-state index is 15.1. The van der Waals surface area contributed by atoms with Crippen molar-refractivity contribution in [1.29, 1.82) is 0 Å². The van der Waals surface area contributed by atoms with Gasteiger partial charge in [0.25, 0.3) is 5.91 Å². The van der Waals surface area contributed by atoms with Crippen LogP contribution in [-0.2, 0) is 14.3 Å². The van der Waals surface area contributed by atoms with Crippen LogP contribution in [0.5, 0.6) is 5.75 Å². The number of nitrogens with zero attached hydrogens (tertiary/aromatic N) is 3. The van der Waals surface area contributed by atoms with E-state index in [0.717, 1.165) is 25.3 Å². The van der Waals surface area contributed by atoms with Crippen molar-refractivity contribution >= 4 is 11.6 Å². The molecule has 1 aromatic heterocycles. The number of morpholine rings is 1. The average molecular weight is 583 g/mol. The molecule has 8 nitrogen and oxygen atoms in total. The Hall–Kier alpha value is -2.91. The van der Waals surface area contributed by atoms with Gasteiger partial charge in [-0.2, -0.15) is 31.4 Å². The molecule has 1 N–H and O–H groups in total. The van der Waals surface area contributed by atoms with Crippen LogP contribution in [0.1, 0.15) is 37.6 Å². The fraction of sp³-hybridized carbons (Fsp3) is 0.600. The third kappa shape index (κ3) is 5.77. The molecule has 0 radical (unpaired) electrons. The Balaban J connectivity index is 1.68. The Bertz CT molecular complexity index is 1220. The van der Waals surface area contributed by atoms with Gasteiger partial charge in [0.15, 0.2) is 17.2 Å². The molecule has 4 atom stereocenters. The maximum absolute atomic E-state index is 15.1. The van der Waals surface area contributed by atoms with Crippen molar-refractivity contribution in [3.63, 3.8) is 0 Å². The monoisotopic (exact) mass is 582 g/mol. The zero-order valence-electron chi connectivity index (χ0n) is 21.9. The molecule has 0 spiro atoms. The molecule has 2 saturated heterocycles. The summed E-state index contributed by atoms with van der Waals surface area (Å²) in [4.78, 5) is 15.3. The number of benzene rings is 1. The Labute approximate surface area is 225 Å². The number of carbonyl (C=O) groups excluding carboxylic acids is 1. The number of anilines is 1. The molecule has 3 heterocycles. The third-order valence-corrected chi connectivity index (χ3v) is 7.50. The zero-order valence-corrected chi connectivity index (χ0v) is 21.9. The lowest BCUT2D eigenvalue weighted by Crippen LogP contribution is -2.47. The van der Waals surface area contributed by atoms with Gasteiger partial charge in [0.2, 0.25) is 5.82 Å². The number of amides is 1. The molecule has 15 heteroatoms. The second-order valence-electron chi connectivity index (χ2n) is 9.92. The number of ether oxygens (including phenoxy) is 3. The molecule has 222 valence electrons. The standard InChI is InChI=1S/C25H29F7N4O4/c1-13-18(15-4-5-16(26)19(27)20(15)39-11-8-35-6-9-38-10-7-35)21(40-24(13,3)25(30,31)32)22(37)33-17-12-36(23(28)29)34-14(17)2/h4-5,12-13,18,21,23H,6-11H2,1-3H3,(H,33,37)/t13-,18-,21+,24+/m0/s1. The van der Waals surface area contributed by atoms with Gasteiger partial charge in [-0.3, -0.25) is 9.69 Å². The highest BCUT2D eigenvalue weighted by Gasteiger charge is 2.66. The van der Waals surface area contributed by atoms with Crippen LogP contribution < -0.4 is 10.1 Å². The average Bonchev–Trinajstić information content (AvgIpc) is 3.40. The molecule has 1 aromatic carbocycles. The number of carbonyl (C=O) groups is 1. The van der Waals surface area contributed by atoms with Crippen LogP contribution in [-0.4, -0.2) is 77.9 Å². The fourth-order valence-corrected chi connectivity index (χ4v) is 4.99. The van der Waals surface area contributed by atoms with Crippen molar-refractivity contribution in [2.45, 2.75) is 51.1 Å². The summed E-state index contributed by atoms with van der Waals surface area (Å²) >= 11 is 0. The number of hydrogen-bond acceptors (Lipinski definition) is 6. The third-order valence-electron chi connectivity index (χ3n) is 7.50. The summed E-state index contributed by atoms with van der Waals surface area (Å²) in [5, 5.41) is 5.86. The van der Waals surface area contributed by atoms with Gasteiger partial charge in [0.1, 0.15) is 12.7 Å². The van der Waals surface area contributed by atoms with E-state index in [4.69, 9.17) is 14.2 Å². The number of hydrogen-bond donors (Lipinski definition) is 1. The first-order chi connectivity index (χ1) is 18.7. The van der Waals surface area contributed by atoms with E-state index in [1.807, 2.05) is 4.90 Å². The second-order valence-corrected chi connectivity index (χ2v) is 9.92. The topological polar surface area (TPSA) is 77.9 Å². The van der Waals surface area contributed by atoms with E-state index in [1.54, 1.807) is 0 Å². The van der Waals surface area contributed by atoms with Gasteiger partial charge in [0, 0.05) is 37.0 Å². The summed E-state index contributed by atoms with van der Waals surface area (Å²) in [5.74, 6) is -7.36. The molecule has 40 heavy (non-hydrogen) atoms. The van der Waals surface area contributed by atoms with E-state index in [-0.39, 0.29) is 28.2 Å². The van der Waals surface area contributed by atoms with Crippen molar-refractivity contribution in [3.05, 3.63) is 41.2 Å². The molecule has 0 bridgehead atoms. The smallest absolute Gasteiger partial charge is 0.417 e. The molecule has 4 rings (SSSR count). The van der Waals surface area contributed by atoms with Crippen LogP contribution in [0.2, 0.25) is 0 Å². The largest absolute Gasteiger partial charge is 0.489 e. The SMILES string of the molecule is Cc1nn(C(F)F)cc1NC(=O)[C@@H]1O[C@@](C)(C(F)(F)F)[C@@H](C)[C@H]1c1ccc(F)c(F)c1OCCN1CCOCC1. The van der Waals surface area contributed by atoms with Gasteiger partial charge in [-0.25, -0.2) is 9.07 Å². The minimum atomic E-state index is -4.95. The van der Waals surface area contributed by atoms with Crippen LogP contribution in [0.15, 0.2) is 18.3 Å². The molecule has 1 amide bonds. The number of halogens is 7. The molecule has 2 aromatic rings. The van der Waals surface area contributed by atoms with Gasteiger partial charge >= 0.3 is 12.7 Å². The number of alkyl halides is 5. The zero-order chi connectivity index (χ0) is 29.4. The normalized spacial score (nSPS) is 25.9. The summed E-state index contributed by atoms with van der Waals surface area (Å²) in [5.41, 5.74) is -3.25. The number of aryl methyl sites for hydroxylation is 1. The van der Waals surface area contributed by atoms with Crippen molar-refractivity contribution in [2.75, 3.05) is 44.8 Å². The lowest BCUT2D eigenvalue weighted by atomic mass is 9.77. The van der Waals surface area contributed by atoms with E-state index < -0.39 is 59.6 Å². The van der Waals surface area contributed by atoms with E-state index in [0.29, 0.717) is 32.8 Å². The molecular formula is C25H29F7N4O4. The van der Waals surface area contributed by atoms with Crippen LogP contribution in [0, 0.1) is 24.5 Å². The quantitative estimate of drug-likeness (QED) is 0.457. The number of rotatable bonds is 8. The minimum absolute atomic E-state index is 0.0187. The van der Waals surface area contributed by atoms with E-state index in [9.17, 15) is 31.1 Å². The Morgan fingerprint density at radius 1 is 1.25 bits per heavy atom. The van der Waals surface area contributed by atoms with E-state index in [2.05, 4.69) is 10.4 Å². The summed E-state index contributed by atoms with van der Waals surface area (Å²) in [6.07, 6.45) is -6.00.